The molecule has 0 spiro atoms. The third-order valence-electron chi connectivity index (χ3n) is 2.21. The molecule has 0 radical (unpaired) electrons. The fourth-order valence-corrected chi connectivity index (χ4v) is 1.27. The van der Waals surface area contributed by atoms with E-state index in [2.05, 4.69) is 10.1 Å². The molecule has 4 nitrogen and oxygen atoms in total. The van der Waals surface area contributed by atoms with E-state index in [1.807, 2.05) is 24.3 Å². The van der Waals surface area contributed by atoms with Crippen molar-refractivity contribution in [3.05, 3.63) is 42.0 Å². The Morgan fingerprint density at radius 1 is 1.29 bits per heavy atom. The summed E-state index contributed by atoms with van der Waals surface area (Å²) in [7, 11) is 3.00. The van der Waals surface area contributed by atoms with Crippen LogP contribution >= 0.6 is 0 Å². The number of rotatable bonds is 6. The van der Waals surface area contributed by atoms with Gasteiger partial charge in [0.2, 0.25) is 0 Å². The van der Waals surface area contributed by atoms with Crippen molar-refractivity contribution < 1.29 is 14.3 Å². The predicted molar refractivity (Wildman–Crippen MR) is 65.9 cm³/mol. The van der Waals surface area contributed by atoms with Gasteiger partial charge in [0.05, 0.1) is 14.2 Å². The third-order valence-corrected chi connectivity index (χ3v) is 2.21. The average molecular weight is 235 g/mol. The number of esters is 1. The van der Waals surface area contributed by atoms with Gasteiger partial charge in [-0.1, -0.05) is 18.2 Å². The normalized spacial score (nSPS) is 10.5. The van der Waals surface area contributed by atoms with Crippen LogP contribution in [0.3, 0.4) is 0 Å². The van der Waals surface area contributed by atoms with Crippen LogP contribution in [0.1, 0.15) is 5.56 Å². The van der Waals surface area contributed by atoms with Gasteiger partial charge in [-0.15, -0.1) is 0 Å². The van der Waals surface area contributed by atoms with Crippen LogP contribution in [0.4, 0.5) is 0 Å². The Labute approximate surface area is 101 Å². The van der Waals surface area contributed by atoms with Crippen LogP contribution in [0, 0.1) is 0 Å². The molecule has 0 aromatic heterocycles. The average Bonchev–Trinajstić information content (AvgIpc) is 2.38. The Bertz CT molecular complexity index is 371. The van der Waals surface area contributed by atoms with Gasteiger partial charge >= 0.3 is 5.97 Å². The lowest BCUT2D eigenvalue weighted by atomic mass is 10.2. The maximum atomic E-state index is 10.8. The van der Waals surface area contributed by atoms with E-state index in [0.29, 0.717) is 6.54 Å². The predicted octanol–water partition coefficient (Wildman–Crippen LogP) is 1.51. The summed E-state index contributed by atoms with van der Waals surface area (Å²) >= 11 is 0. The van der Waals surface area contributed by atoms with Crippen LogP contribution < -0.4 is 10.1 Å². The van der Waals surface area contributed by atoms with E-state index in [1.54, 1.807) is 13.2 Å². The summed E-state index contributed by atoms with van der Waals surface area (Å²) in [5, 5.41) is 3.18. The van der Waals surface area contributed by atoms with Gasteiger partial charge in [-0.05, 0) is 17.7 Å². The van der Waals surface area contributed by atoms with E-state index in [0.717, 1.165) is 17.9 Å². The van der Waals surface area contributed by atoms with Gasteiger partial charge < -0.3 is 14.8 Å². The quantitative estimate of drug-likeness (QED) is 0.461. The van der Waals surface area contributed by atoms with Gasteiger partial charge in [0.1, 0.15) is 5.75 Å². The zero-order valence-electron chi connectivity index (χ0n) is 10.1. The minimum Gasteiger partial charge on any atom is -0.497 e. The first-order valence-corrected chi connectivity index (χ1v) is 5.34. The molecule has 0 amide bonds. The highest BCUT2D eigenvalue weighted by Gasteiger charge is 1.93. The molecule has 0 saturated carbocycles. The highest BCUT2D eigenvalue weighted by Crippen LogP contribution is 2.10. The van der Waals surface area contributed by atoms with Crippen molar-refractivity contribution in [1.82, 2.24) is 5.32 Å². The van der Waals surface area contributed by atoms with Crippen LogP contribution in [-0.2, 0) is 16.1 Å². The van der Waals surface area contributed by atoms with E-state index >= 15 is 0 Å². The second-order valence-corrected chi connectivity index (χ2v) is 3.40. The van der Waals surface area contributed by atoms with Gasteiger partial charge in [-0.3, -0.25) is 0 Å². The number of hydrogen-bond donors (Lipinski definition) is 1. The number of methoxy groups -OCH3 is 2. The van der Waals surface area contributed by atoms with Crippen molar-refractivity contribution in [2.45, 2.75) is 6.54 Å². The van der Waals surface area contributed by atoms with E-state index in [4.69, 9.17) is 4.74 Å². The fraction of sp³-hybridized carbons (Fsp3) is 0.308. The highest BCUT2D eigenvalue weighted by atomic mass is 16.5. The Morgan fingerprint density at radius 3 is 2.59 bits per heavy atom. The second-order valence-electron chi connectivity index (χ2n) is 3.40. The number of nitrogens with one attached hydrogen (secondary N) is 1. The molecule has 4 heteroatoms. The van der Waals surface area contributed by atoms with E-state index in [1.165, 1.54) is 13.2 Å². The Kier molecular flexibility index (Phi) is 5.82. The Morgan fingerprint density at radius 2 is 2.00 bits per heavy atom. The molecule has 0 atom stereocenters. The van der Waals surface area contributed by atoms with Crippen LogP contribution in [0.2, 0.25) is 0 Å². The summed E-state index contributed by atoms with van der Waals surface area (Å²) in [5.74, 6) is 0.510. The van der Waals surface area contributed by atoms with Gasteiger partial charge in [0.25, 0.3) is 0 Å². The number of hydrogen-bond acceptors (Lipinski definition) is 4. The van der Waals surface area contributed by atoms with E-state index < -0.39 is 0 Å². The molecule has 1 aromatic rings. The van der Waals surface area contributed by atoms with Gasteiger partial charge in [0, 0.05) is 19.2 Å². The fourth-order valence-electron chi connectivity index (χ4n) is 1.27. The van der Waals surface area contributed by atoms with Crippen LogP contribution in [-0.4, -0.2) is 26.7 Å². The molecule has 0 heterocycles. The lowest BCUT2D eigenvalue weighted by Gasteiger charge is -2.03. The molecule has 0 bridgehead atoms. The molecule has 0 aliphatic rings. The summed E-state index contributed by atoms with van der Waals surface area (Å²) in [6, 6.07) is 7.83. The van der Waals surface area contributed by atoms with Gasteiger partial charge in [-0.25, -0.2) is 4.79 Å². The first-order valence-electron chi connectivity index (χ1n) is 5.34. The van der Waals surface area contributed by atoms with Crippen molar-refractivity contribution in [3.63, 3.8) is 0 Å². The standard InChI is InChI=1S/C13H17NO3/c1-16-12-7-5-11(6-8-12)10-14-9-3-4-13(15)17-2/h3-8,14H,9-10H2,1-2H3/b4-3+. The number of benzene rings is 1. The lowest BCUT2D eigenvalue weighted by molar-refractivity contribution is -0.134. The largest absolute Gasteiger partial charge is 0.497 e. The molecule has 1 aromatic carbocycles. The van der Waals surface area contributed by atoms with E-state index in [9.17, 15) is 4.79 Å². The van der Waals surface area contributed by atoms with Crippen molar-refractivity contribution >= 4 is 5.97 Å². The summed E-state index contributed by atoms with van der Waals surface area (Å²) < 4.78 is 9.54. The molecule has 0 aliphatic carbocycles. The van der Waals surface area contributed by atoms with Crippen molar-refractivity contribution in [3.8, 4) is 5.75 Å². The first kappa shape index (κ1) is 13.3. The first-order chi connectivity index (χ1) is 8.26. The van der Waals surface area contributed by atoms with Crippen LogP contribution in [0.15, 0.2) is 36.4 Å². The molecule has 92 valence electrons. The molecule has 0 saturated heterocycles. The van der Waals surface area contributed by atoms with Crippen molar-refractivity contribution in [2.75, 3.05) is 20.8 Å². The SMILES string of the molecule is COC(=O)/C=C/CNCc1ccc(OC)cc1. The van der Waals surface area contributed by atoms with Crippen molar-refractivity contribution in [1.29, 1.82) is 0 Å². The molecule has 0 unspecified atom stereocenters. The molecule has 0 aliphatic heterocycles. The van der Waals surface area contributed by atoms with Gasteiger partial charge in [0.15, 0.2) is 0 Å². The molecular weight excluding hydrogens is 218 g/mol. The lowest BCUT2D eigenvalue weighted by Crippen LogP contribution is -2.13. The third kappa shape index (κ3) is 5.17. The summed E-state index contributed by atoms with van der Waals surface area (Å²) in [6.45, 7) is 1.37. The Balaban J connectivity index is 2.26. The van der Waals surface area contributed by atoms with Gasteiger partial charge in [-0.2, -0.15) is 0 Å². The smallest absolute Gasteiger partial charge is 0.330 e. The topological polar surface area (TPSA) is 47.6 Å². The monoisotopic (exact) mass is 235 g/mol. The number of carbonyl (C=O) groups excluding carboxylic acids is 1. The highest BCUT2D eigenvalue weighted by molar-refractivity contribution is 5.81. The summed E-state index contributed by atoms with van der Waals surface area (Å²) in [5.41, 5.74) is 1.16. The summed E-state index contributed by atoms with van der Waals surface area (Å²) in [4.78, 5) is 10.8. The molecular formula is C13H17NO3. The summed E-state index contributed by atoms with van der Waals surface area (Å²) in [6.07, 6.45) is 3.14. The number of ether oxygens (including phenoxy) is 2. The minimum absolute atomic E-state index is 0.337. The van der Waals surface area contributed by atoms with Crippen molar-refractivity contribution in [2.24, 2.45) is 0 Å². The van der Waals surface area contributed by atoms with E-state index in [-0.39, 0.29) is 5.97 Å². The number of carbonyl (C=O) groups is 1. The maximum Gasteiger partial charge on any atom is 0.330 e. The van der Waals surface area contributed by atoms with Crippen LogP contribution in [0.25, 0.3) is 0 Å². The zero-order valence-corrected chi connectivity index (χ0v) is 10.1. The molecule has 0 fully saturated rings. The zero-order chi connectivity index (χ0) is 12.5. The second kappa shape index (κ2) is 7.46. The molecule has 1 rings (SSSR count). The molecule has 1 N–H and O–H groups in total. The minimum atomic E-state index is -0.337. The van der Waals surface area contributed by atoms with Crippen LogP contribution in [0.5, 0.6) is 5.75 Å². The molecule has 17 heavy (non-hydrogen) atoms. The Hall–Kier alpha value is -1.81. The maximum absolute atomic E-state index is 10.8.